The van der Waals surface area contributed by atoms with E-state index < -0.39 is 5.91 Å². The zero-order chi connectivity index (χ0) is 22.1. The lowest BCUT2D eigenvalue weighted by Gasteiger charge is -2.19. The fourth-order valence-electron chi connectivity index (χ4n) is 3.12. The zero-order valence-electron chi connectivity index (χ0n) is 16.5. The second-order valence-corrected chi connectivity index (χ2v) is 9.49. The minimum absolute atomic E-state index is 0.0245. The van der Waals surface area contributed by atoms with Crippen LogP contribution in [0.3, 0.4) is 0 Å². The van der Waals surface area contributed by atoms with Gasteiger partial charge in [0.2, 0.25) is 5.17 Å². The quantitative estimate of drug-likeness (QED) is 0.457. The summed E-state index contributed by atoms with van der Waals surface area (Å²) < 4.78 is 6.59. The van der Waals surface area contributed by atoms with Gasteiger partial charge in [-0.3, -0.25) is 10.2 Å². The Balaban J connectivity index is 1.35. The van der Waals surface area contributed by atoms with Crippen LogP contribution in [0.2, 0.25) is 5.02 Å². The van der Waals surface area contributed by atoms with Crippen molar-refractivity contribution in [1.29, 1.82) is 5.41 Å². The molecule has 6 nitrogen and oxygen atoms in total. The molecule has 2 aliphatic heterocycles. The number of thioether (sulfide) groups is 2. The lowest BCUT2D eigenvalue weighted by Crippen LogP contribution is -2.35. The Hall–Kier alpha value is -3.07. The summed E-state index contributed by atoms with van der Waals surface area (Å²) in [7, 11) is 0. The van der Waals surface area contributed by atoms with Crippen molar-refractivity contribution in [2.45, 2.75) is 5.75 Å². The highest BCUT2D eigenvalue weighted by Gasteiger charge is 2.36. The van der Waals surface area contributed by atoms with Crippen LogP contribution in [0.25, 0.3) is 17.4 Å². The number of fused-ring (bicyclic) bond motifs is 1. The SMILES string of the molecule is N=C1C(=Cc2ccc(-c3cccc(Cl)c3)o2)C(=O)N=C2SC(SCc3ccccc3)=NN12. The number of hydrazone groups is 1. The Morgan fingerprint density at radius 2 is 1.97 bits per heavy atom. The maximum Gasteiger partial charge on any atom is 0.283 e. The van der Waals surface area contributed by atoms with Crippen LogP contribution in [0.5, 0.6) is 0 Å². The summed E-state index contributed by atoms with van der Waals surface area (Å²) in [6.45, 7) is 0. The Morgan fingerprint density at radius 3 is 2.78 bits per heavy atom. The van der Waals surface area contributed by atoms with Crippen LogP contribution in [0, 0.1) is 5.41 Å². The molecule has 0 fully saturated rings. The summed E-state index contributed by atoms with van der Waals surface area (Å²) in [5, 5.41) is 15.4. The Morgan fingerprint density at radius 1 is 1.12 bits per heavy atom. The summed E-state index contributed by atoms with van der Waals surface area (Å²) in [5.41, 5.74) is 2.13. The van der Waals surface area contributed by atoms with Crippen molar-refractivity contribution in [3.63, 3.8) is 0 Å². The molecular weight excluding hydrogens is 464 g/mol. The first-order valence-corrected chi connectivity index (χ1v) is 11.8. The van der Waals surface area contributed by atoms with Crippen molar-refractivity contribution in [1.82, 2.24) is 5.01 Å². The van der Waals surface area contributed by atoms with Gasteiger partial charge in [0.05, 0.1) is 5.57 Å². The smallest absolute Gasteiger partial charge is 0.283 e. The van der Waals surface area contributed by atoms with Crippen molar-refractivity contribution in [2.24, 2.45) is 10.1 Å². The molecule has 0 unspecified atom stereocenters. The molecule has 1 amide bonds. The highest BCUT2D eigenvalue weighted by atomic mass is 35.5. The molecule has 0 radical (unpaired) electrons. The van der Waals surface area contributed by atoms with Gasteiger partial charge >= 0.3 is 0 Å². The van der Waals surface area contributed by atoms with E-state index in [1.807, 2.05) is 42.5 Å². The molecule has 5 rings (SSSR count). The number of amides is 1. The highest BCUT2D eigenvalue weighted by Crippen LogP contribution is 2.34. The normalized spacial score (nSPS) is 16.9. The van der Waals surface area contributed by atoms with Gasteiger partial charge in [-0.25, -0.2) is 0 Å². The molecule has 2 aliphatic rings. The summed E-state index contributed by atoms with van der Waals surface area (Å²) in [4.78, 5) is 16.7. The fourth-order valence-corrected chi connectivity index (χ4v) is 5.20. The molecule has 9 heteroatoms. The van der Waals surface area contributed by atoms with Gasteiger partial charge in [-0.2, -0.15) is 10.0 Å². The minimum atomic E-state index is -0.487. The van der Waals surface area contributed by atoms with Gasteiger partial charge in [0.15, 0.2) is 10.2 Å². The third-order valence-electron chi connectivity index (χ3n) is 4.66. The number of halogens is 1. The van der Waals surface area contributed by atoms with Gasteiger partial charge in [-0.05, 0) is 47.7 Å². The molecule has 158 valence electrons. The molecule has 0 atom stereocenters. The number of carbonyl (C=O) groups excluding carboxylic acids is 1. The van der Waals surface area contributed by atoms with Gasteiger partial charge < -0.3 is 4.42 Å². The van der Waals surface area contributed by atoms with Crippen molar-refractivity contribution in [3.05, 3.63) is 88.6 Å². The van der Waals surface area contributed by atoms with Crippen LogP contribution < -0.4 is 0 Å². The van der Waals surface area contributed by atoms with Gasteiger partial charge in [0, 0.05) is 16.3 Å². The molecule has 0 saturated carbocycles. The van der Waals surface area contributed by atoms with E-state index in [0.717, 1.165) is 15.7 Å². The minimum Gasteiger partial charge on any atom is -0.457 e. The van der Waals surface area contributed by atoms with Gasteiger partial charge in [0.25, 0.3) is 5.91 Å². The molecule has 2 aromatic carbocycles. The first kappa shape index (κ1) is 20.8. The lowest BCUT2D eigenvalue weighted by atomic mass is 10.1. The third-order valence-corrected chi connectivity index (χ3v) is 7.01. The van der Waals surface area contributed by atoms with E-state index in [-0.39, 0.29) is 11.4 Å². The van der Waals surface area contributed by atoms with E-state index in [2.05, 4.69) is 10.1 Å². The first-order chi connectivity index (χ1) is 15.6. The van der Waals surface area contributed by atoms with E-state index in [1.165, 1.54) is 28.4 Å². The second kappa shape index (κ2) is 8.82. The van der Waals surface area contributed by atoms with E-state index in [1.54, 1.807) is 36.0 Å². The van der Waals surface area contributed by atoms with Gasteiger partial charge in [-0.15, -0.1) is 5.10 Å². The molecule has 3 aromatic rings. The Bertz CT molecular complexity index is 1310. The molecule has 32 heavy (non-hydrogen) atoms. The fraction of sp³-hybridized carbons (Fsp3) is 0.0435. The Labute approximate surface area is 197 Å². The van der Waals surface area contributed by atoms with E-state index in [0.29, 0.717) is 21.7 Å². The van der Waals surface area contributed by atoms with Crippen molar-refractivity contribution >= 4 is 62.5 Å². The van der Waals surface area contributed by atoms with Crippen LogP contribution in [0.1, 0.15) is 11.3 Å². The number of amidine groups is 2. The van der Waals surface area contributed by atoms with Gasteiger partial charge in [-0.1, -0.05) is 65.8 Å². The molecule has 3 heterocycles. The summed E-state index contributed by atoms with van der Waals surface area (Å²) in [6.07, 6.45) is 1.52. The van der Waals surface area contributed by atoms with Crippen molar-refractivity contribution < 1.29 is 9.21 Å². The molecule has 1 N–H and O–H groups in total. The number of hydrogen-bond acceptors (Lipinski definition) is 6. The van der Waals surface area contributed by atoms with Crippen LogP contribution in [0.15, 0.2) is 86.8 Å². The third kappa shape index (κ3) is 4.29. The lowest BCUT2D eigenvalue weighted by molar-refractivity contribution is -0.114. The van der Waals surface area contributed by atoms with Crippen molar-refractivity contribution in [2.75, 3.05) is 0 Å². The van der Waals surface area contributed by atoms with E-state index in [4.69, 9.17) is 21.4 Å². The van der Waals surface area contributed by atoms with Crippen molar-refractivity contribution in [3.8, 4) is 11.3 Å². The predicted octanol–water partition coefficient (Wildman–Crippen LogP) is 6.11. The number of rotatable bonds is 4. The molecule has 1 aromatic heterocycles. The molecule has 0 aliphatic carbocycles. The number of nitrogens with zero attached hydrogens (tertiary/aromatic N) is 3. The monoisotopic (exact) mass is 478 g/mol. The first-order valence-electron chi connectivity index (χ1n) is 9.59. The van der Waals surface area contributed by atoms with Crippen LogP contribution >= 0.6 is 35.1 Å². The average Bonchev–Trinajstić information content (AvgIpc) is 3.43. The van der Waals surface area contributed by atoms with E-state index >= 15 is 0 Å². The topological polar surface area (TPSA) is 82.0 Å². The number of benzene rings is 2. The number of furan rings is 1. The maximum absolute atomic E-state index is 12.6. The molecule has 0 saturated heterocycles. The summed E-state index contributed by atoms with van der Waals surface area (Å²) >= 11 is 8.90. The van der Waals surface area contributed by atoms with Gasteiger partial charge in [0.1, 0.15) is 11.5 Å². The van der Waals surface area contributed by atoms with E-state index in [9.17, 15) is 4.79 Å². The zero-order valence-corrected chi connectivity index (χ0v) is 18.9. The summed E-state index contributed by atoms with van der Waals surface area (Å²) in [6, 6.07) is 20.9. The standard InChI is InChI=1S/C23H15ClN4O2S2/c24-16-8-4-7-15(11-16)19-10-9-17(30-19)12-18-20(25)28-22(26-21(18)29)32-23(27-28)31-13-14-5-2-1-3-6-14/h1-12,25H,13H2. The molecular formula is C23H15ClN4O2S2. The highest BCUT2D eigenvalue weighted by molar-refractivity contribution is 8.45. The van der Waals surface area contributed by atoms with Crippen LogP contribution in [-0.4, -0.2) is 26.3 Å². The van der Waals surface area contributed by atoms with Crippen LogP contribution in [-0.2, 0) is 10.5 Å². The Kier molecular flexibility index (Phi) is 5.73. The van der Waals surface area contributed by atoms with Crippen LogP contribution in [0.4, 0.5) is 0 Å². The maximum atomic E-state index is 12.6. The predicted molar refractivity (Wildman–Crippen MR) is 132 cm³/mol. The second-order valence-electron chi connectivity index (χ2n) is 6.87. The largest absolute Gasteiger partial charge is 0.457 e. The number of carbonyl (C=O) groups is 1. The number of hydrogen-bond donors (Lipinski definition) is 1. The molecule has 0 spiro atoms. The number of aliphatic imine (C=N–C) groups is 1. The molecule has 0 bridgehead atoms. The average molecular weight is 479 g/mol. The summed E-state index contributed by atoms with van der Waals surface area (Å²) in [5.74, 6) is 1.30. The number of nitrogens with one attached hydrogen (secondary N) is 1.